The van der Waals surface area contributed by atoms with Crippen molar-refractivity contribution in [1.29, 1.82) is 0 Å². The van der Waals surface area contributed by atoms with Crippen LogP contribution in [0, 0.1) is 0 Å². The molecule has 0 spiro atoms. The van der Waals surface area contributed by atoms with Gasteiger partial charge in [0.05, 0.1) is 0 Å². The Hall–Kier alpha value is -0.0651. The van der Waals surface area contributed by atoms with E-state index in [-0.39, 0.29) is 0 Å². The molecule has 0 aromatic carbocycles. The summed E-state index contributed by atoms with van der Waals surface area (Å²) in [6.07, 6.45) is 1.17. The van der Waals surface area contributed by atoms with Crippen molar-refractivity contribution in [2.45, 2.75) is 27.1 Å². The van der Waals surface area contributed by atoms with Gasteiger partial charge in [-0.15, -0.1) is 0 Å². The quantitative estimate of drug-likeness (QED) is 0.418. The molecule has 0 aliphatic heterocycles. The van der Waals surface area contributed by atoms with Crippen LogP contribution < -0.4 is 0 Å². The molecular weight excluding hydrogens is 70.9 g/mol. The molecule has 0 aliphatic rings. The van der Waals surface area contributed by atoms with Crippen molar-refractivity contribution in [3.63, 3.8) is 0 Å². The fourth-order valence-electron chi connectivity index (χ4n) is 0.408. The maximum atomic E-state index is 2.21. The van der Waals surface area contributed by atoms with E-state index >= 15 is 0 Å². The predicted octanol–water partition coefficient (Wildman–Crippen LogP) is 1.34. The van der Waals surface area contributed by atoms with Gasteiger partial charge in [-0.25, -0.2) is 0 Å². The van der Waals surface area contributed by atoms with E-state index < -0.39 is 0 Å². The van der Waals surface area contributed by atoms with Crippen LogP contribution in [0.15, 0.2) is 0 Å². The van der Waals surface area contributed by atoms with Crippen LogP contribution in [-0.4, -0.2) is 12.4 Å². The van der Waals surface area contributed by atoms with Crippen molar-refractivity contribution >= 4 is 12.4 Å². The van der Waals surface area contributed by atoms with Gasteiger partial charge in [0.25, 0.3) is 0 Å². The van der Waals surface area contributed by atoms with E-state index in [0.29, 0.717) is 0 Å². The van der Waals surface area contributed by atoms with Crippen molar-refractivity contribution in [1.82, 2.24) is 0 Å². The molecule has 1 heteroatoms. The number of rotatable bonds is 1. The zero-order chi connectivity index (χ0) is 4.99. The third-order valence-corrected chi connectivity index (χ3v) is 0.612. The van der Waals surface area contributed by atoms with Crippen LogP contribution in [0.25, 0.3) is 0 Å². The topological polar surface area (TPSA) is 0 Å². The van der Waals surface area contributed by atoms with Crippen LogP contribution in [-0.2, 0) is 0 Å². The fraction of sp³-hybridized carbons (Fsp3) is 0.800. The van der Waals surface area contributed by atoms with Gasteiger partial charge in [-0.3, -0.25) is 0 Å². The van der Waals surface area contributed by atoms with Crippen molar-refractivity contribution in [2.24, 2.45) is 0 Å². The molecule has 0 N–H and O–H groups in total. The Labute approximate surface area is 40.5 Å². The number of hydrogen-bond acceptors (Lipinski definition) is 0. The van der Waals surface area contributed by atoms with Crippen LogP contribution in [0.2, 0.25) is 6.32 Å². The average molecular weight is 82.0 g/mol. The summed E-state index contributed by atoms with van der Waals surface area (Å²) in [4.78, 5) is 0. The summed E-state index contributed by atoms with van der Waals surface area (Å²) < 4.78 is 0. The van der Waals surface area contributed by atoms with Gasteiger partial charge < -0.3 is 0 Å². The van der Waals surface area contributed by atoms with Gasteiger partial charge in [0.15, 0.2) is 0 Å². The Morgan fingerprint density at radius 1 is 1.50 bits per heavy atom. The standard InChI is InChI=1S/C5H11B/c1-4-6-5(2)3/h4H2,1-3H3. The maximum absolute atomic E-state index is 2.21. The molecule has 6 heavy (non-hydrogen) atoms. The Morgan fingerprint density at radius 3 is 2.00 bits per heavy atom. The molecule has 34 valence electrons. The van der Waals surface area contributed by atoms with Crippen molar-refractivity contribution in [2.75, 3.05) is 0 Å². The summed E-state index contributed by atoms with van der Waals surface area (Å²) in [6, 6.07) is 0. The van der Waals surface area contributed by atoms with Gasteiger partial charge in [-0.1, -0.05) is 0 Å². The molecule has 0 bridgehead atoms. The molecule has 0 atom stereocenters. The molecule has 0 heterocycles. The van der Waals surface area contributed by atoms with E-state index in [1.807, 2.05) is 0 Å². The van der Waals surface area contributed by atoms with Crippen molar-refractivity contribution in [3.8, 4) is 0 Å². The average Bonchev–Trinajstić information content (AvgIpc) is 1.35. The monoisotopic (exact) mass is 82.1 g/mol. The molecule has 0 fully saturated rings. The van der Waals surface area contributed by atoms with E-state index in [1.165, 1.54) is 11.8 Å². The van der Waals surface area contributed by atoms with E-state index in [9.17, 15) is 0 Å². The molecule has 0 radical (unpaired) electrons. The molecule has 0 aromatic heterocycles. The van der Waals surface area contributed by atoms with Gasteiger partial charge in [0, 0.05) is 0 Å². The summed E-state index contributed by atoms with van der Waals surface area (Å²) in [5, 5.41) is 0. The van der Waals surface area contributed by atoms with Gasteiger partial charge in [0.2, 0.25) is 0 Å². The van der Waals surface area contributed by atoms with Crippen LogP contribution in [0.3, 0.4) is 0 Å². The molecular formula is C5H11B. The second kappa shape index (κ2) is 3.14. The minimum absolute atomic E-state index is 1.17. The Balaban J connectivity index is 3.14. The van der Waals surface area contributed by atoms with Crippen LogP contribution in [0.1, 0.15) is 20.8 Å². The number of hydrogen-bond donors (Lipinski definition) is 0. The SMILES string of the molecule is CCB=C(C)C. The normalized spacial score (nSPS) is 7.17. The van der Waals surface area contributed by atoms with E-state index in [0.717, 1.165) is 0 Å². The van der Waals surface area contributed by atoms with Gasteiger partial charge in [-0.05, 0) is 0 Å². The molecule has 0 amide bonds. The predicted molar refractivity (Wildman–Crippen MR) is 32.6 cm³/mol. The van der Waals surface area contributed by atoms with Gasteiger partial charge in [0.1, 0.15) is 0 Å². The zero-order valence-electron chi connectivity index (χ0n) is 4.78. The summed E-state index contributed by atoms with van der Waals surface area (Å²) in [7, 11) is 0. The second-order valence-electron chi connectivity index (χ2n) is 1.69. The summed E-state index contributed by atoms with van der Waals surface area (Å²) in [5.41, 5.74) is 1.41. The third kappa shape index (κ3) is 3.93. The minimum atomic E-state index is 1.17. The first-order chi connectivity index (χ1) is 2.77. The summed E-state index contributed by atoms with van der Waals surface area (Å²) >= 11 is 0. The zero-order valence-corrected chi connectivity index (χ0v) is 4.78. The first-order valence-electron chi connectivity index (χ1n) is 2.40. The molecule has 0 saturated carbocycles. The first kappa shape index (κ1) is 5.93. The summed E-state index contributed by atoms with van der Waals surface area (Å²) in [5.74, 6) is 0. The van der Waals surface area contributed by atoms with Gasteiger partial charge >= 0.3 is 39.5 Å². The first-order valence-corrected chi connectivity index (χ1v) is 2.40. The van der Waals surface area contributed by atoms with Crippen LogP contribution >= 0.6 is 0 Å². The second-order valence-corrected chi connectivity index (χ2v) is 1.69. The van der Waals surface area contributed by atoms with Gasteiger partial charge in [-0.2, -0.15) is 0 Å². The van der Waals surface area contributed by atoms with Crippen molar-refractivity contribution in [3.05, 3.63) is 0 Å². The molecule has 0 saturated heterocycles. The molecule has 0 aromatic rings. The van der Waals surface area contributed by atoms with Crippen LogP contribution in [0.4, 0.5) is 0 Å². The van der Waals surface area contributed by atoms with E-state index in [2.05, 4.69) is 27.7 Å². The Kier molecular flexibility index (Phi) is 3.10. The van der Waals surface area contributed by atoms with E-state index in [4.69, 9.17) is 0 Å². The Bertz CT molecular complexity index is 51.0. The molecule has 0 aliphatic carbocycles. The molecule has 0 nitrogen and oxygen atoms in total. The summed E-state index contributed by atoms with van der Waals surface area (Å²) in [6.45, 7) is 8.58. The molecule has 0 unspecified atom stereocenters. The third-order valence-electron chi connectivity index (χ3n) is 0.612. The van der Waals surface area contributed by atoms with Crippen molar-refractivity contribution < 1.29 is 0 Å². The fourth-order valence-corrected chi connectivity index (χ4v) is 0.408. The van der Waals surface area contributed by atoms with E-state index in [1.54, 1.807) is 0 Å². The Morgan fingerprint density at radius 2 is 2.00 bits per heavy atom. The molecule has 0 rings (SSSR count). The van der Waals surface area contributed by atoms with Crippen LogP contribution in [0.5, 0.6) is 0 Å².